The molecule has 74 heavy (non-hydrogen) atoms. The summed E-state index contributed by atoms with van der Waals surface area (Å²) < 4.78 is 0. The predicted octanol–water partition coefficient (Wildman–Crippen LogP) is -5.44. The molecule has 2 aromatic carbocycles. The van der Waals surface area contributed by atoms with Crippen molar-refractivity contribution < 1.29 is 53.5 Å². The van der Waals surface area contributed by atoms with Crippen molar-refractivity contribution in [2.75, 3.05) is 111 Å². The first kappa shape index (κ1) is 60.1. The monoisotopic (exact) mass is 1040 g/mol. The second kappa shape index (κ2) is 31.3. The van der Waals surface area contributed by atoms with Crippen LogP contribution < -0.4 is 49.9 Å². The van der Waals surface area contributed by atoms with E-state index < -0.39 is 61.3 Å². The van der Waals surface area contributed by atoms with Crippen LogP contribution in [0.3, 0.4) is 0 Å². The number of nitrogens with two attached hydrogens (primary N) is 5. The number of guanidine groups is 1. The van der Waals surface area contributed by atoms with Crippen molar-refractivity contribution >= 4 is 71.1 Å². The quantitative estimate of drug-likeness (QED) is 0.0172. The highest BCUT2D eigenvalue weighted by Crippen LogP contribution is 2.24. The van der Waals surface area contributed by atoms with E-state index in [-0.39, 0.29) is 81.2 Å². The van der Waals surface area contributed by atoms with Gasteiger partial charge in [0, 0.05) is 96.1 Å². The number of nitrogens with one attached hydrogen (secondary N) is 4. The number of hydrogen-bond donors (Lipinski definition) is 12. The van der Waals surface area contributed by atoms with E-state index in [1.165, 1.54) is 12.1 Å². The average molecular weight is 1040 g/mol. The molecule has 0 bridgehead atoms. The number of β-amino-alcohol motifs (C(OH)–C–C–N with tert-alkyl or cyclic N) is 1. The minimum atomic E-state index is -1.84. The molecule has 8 amide bonds. The lowest BCUT2D eigenvalue weighted by atomic mass is 9.77. The average Bonchev–Trinajstić information content (AvgIpc) is 3.75. The minimum absolute atomic E-state index is 0.000730. The van der Waals surface area contributed by atoms with E-state index in [2.05, 4.69) is 31.2 Å². The van der Waals surface area contributed by atoms with Crippen LogP contribution in [0.5, 0.6) is 0 Å². The van der Waals surface area contributed by atoms with Gasteiger partial charge in [-0.15, -0.1) is 0 Å². The number of nitrogens with zero attached hydrogens (tertiary/aromatic N) is 6. The molecule has 0 aromatic heterocycles. The van der Waals surface area contributed by atoms with Crippen LogP contribution in [0.15, 0.2) is 41.4 Å². The third-order valence-electron chi connectivity index (χ3n) is 12.8. The molecular weight excluding hydrogens is 961 g/mol. The van der Waals surface area contributed by atoms with E-state index in [0.29, 0.717) is 120 Å². The summed E-state index contributed by atoms with van der Waals surface area (Å²) in [5.74, 6) is -4.76. The first-order valence-electron chi connectivity index (χ1n) is 25.1. The van der Waals surface area contributed by atoms with E-state index in [1.54, 1.807) is 24.3 Å². The summed E-state index contributed by atoms with van der Waals surface area (Å²) in [4.78, 5) is 115. The normalized spacial score (nSPS) is 17.8. The van der Waals surface area contributed by atoms with Crippen molar-refractivity contribution in [3.8, 4) is 0 Å². The number of likely N-dealkylation sites (tertiary alicyclic amines) is 1. The van der Waals surface area contributed by atoms with Gasteiger partial charge in [0.15, 0.2) is 5.96 Å². The fraction of sp³-hybridized carbons (Fsp3) is 0.596. The number of hydrogen-bond acceptors (Lipinski definition) is 16. The number of fused-ring (bicyclic) bond motifs is 1. The highest BCUT2D eigenvalue weighted by molar-refractivity contribution is 6.43. The SMILES string of the molecule is NC(=O)CN1CCN(CCCC(=O)NC(CCCN=C(N)N)C(=O)NCCCCCNC(=O)c2ccc(C(=O)NCC(=O)N3CC(O)CC3B(O)O)c3ccccc23)CCN(CC(N)=O)CCN(CC(N)=O)CC1. The molecule has 4 rings (SSSR count). The van der Waals surface area contributed by atoms with Gasteiger partial charge >= 0.3 is 7.12 Å². The van der Waals surface area contributed by atoms with Crippen molar-refractivity contribution in [3.63, 3.8) is 0 Å². The molecule has 2 aliphatic heterocycles. The Kier molecular flexibility index (Phi) is 25.4. The molecule has 0 aliphatic carbocycles. The molecule has 2 aromatic rings. The number of carbonyl (C=O) groups is 8. The maximum absolute atomic E-state index is 13.4. The second-order valence-corrected chi connectivity index (χ2v) is 18.7. The van der Waals surface area contributed by atoms with E-state index in [9.17, 15) is 53.5 Å². The predicted molar refractivity (Wildman–Crippen MR) is 276 cm³/mol. The molecule has 2 fully saturated rings. The third-order valence-corrected chi connectivity index (χ3v) is 12.8. The number of amides is 8. The van der Waals surface area contributed by atoms with Crippen LogP contribution in [-0.2, 0) is 28.8 Å². The topological polar surface area (TPSA) is 404 Å². The lowest BCUT2D eigenvalue weighted by Crippen LogP contribution is -2.50. The highest BCUT2D eigenvalue weighted by Gasteiger charge is 2.41. The molecule has 0 radical (unpaired) electrons. The van der Waals surface area contributed by atoms with Crippen molar-refractivity contribution in [2.24, 2.45) is 33.7 Å². The first-order chi connectivity index (χ1) is 35.3. The summed E-state index contributed by atoms with van der Waals surface area (Å²) in [6.45, 7) is 4.67. The maximum Gasteiger partial charge on any atom is 0.475 e. The van der Waals surface area contributed by atoms with Crippen molar-refractivity contribution in [1.82, 2.24) is 45.8 Å². The van der Waals surface area contributed by atoms with E-state index in [1.807, 2.05) is 14.7 Å². The van der Waals surface area contributed by atoms with Gasteiger partial charge in [0.1, 0.15) is 6.04 Å². The fourth-order valence-corrected chi connectivity index (χ4v) is 8.96. The van der Waals surface area contributed by atoms with Gasteiger partial charge in [0.25, 0.3) is 11.8 Å². The van der Waals surface area contributed by atoms with E-state index in [0.717, 1.165) is 4.90 Å². The molecule has 2 aliphatic rings. The molecule has 27 heteroatoms. The standard InChI is InChI=1S/C47H76BN15O11/c49-39(65)29-60-20-18-59(19-21-61(30-40(50)66)23-25-62(24-22-60)31-41(51)67)17-7-11-42(68)58-37(10-6-16-56-47(52)53)46(72)55-15-5-1-4-14-54-44(70)35-12-13-36(34-9-3-2-8-33(34)35)45(71)57-27-43(69)63-28-32(64)26-38(63)48(73)74/h2-3,8-9,12-13,32,37-38,64,73-74H,1,4-7,10-11,14-31H2,(H2,49,65)(H2,50,66)(H2,51,67)(H,54,70)(H,55,72)(H,57,71)(H,58,68)(H4,52,53,56). The van der Waals surface area contributed by atoms with Gasteiger partial charge in [-0.2, -0.15) is 0 Å². The summed E-state index contributed by atoms with van der Waals surface area (Å²) in [5, 5.41) is 41.4. The summed E-state index contributed by atoms with van der Waals surface area (Å²) in [7, 11) is -1.84. The van der Waals surface area contributed by atoms with E-state index in [4.69, 9.17) is 28.7 Å². The van der Waals surface area contributed by atoms with Gasteiger partial charge in [0.2, 0.25) is 35.4 Å². The molecule has 2 heterocycles. The Morgan fingerprint density at radius 3 is 1.65 bits per heavy atom. The number of rotatable bonds is 27. The maximum atomic E-state index is 13.4. The second-order valence-electron chi connectivity index (χ2n) is 18.7. The van der Waals surface area contributed by atoms with Crippen LogP contribution >= 0.6 is 0 Å². The van der Waals surface area contributed by atoms with E-state index >= 15 is 0 Å². The Morgan fingerprint density at radius 1 is 0.649 bits per heavy atom. The Morgan fingerprint density at radius 2 is 1.15 bits per heavy atom. The number of unbranched alkanes of at least 4 members (excludes halogenated alkanes) is 2. The smallest absolute Gasteiger partial charge is 0.426 e. The van der Waals surface area contributed by atoms with Crippen LogP contribution in [0.4, 0.5) is 0 Å². The number of benzene rings is 2. The lowest BCUT2D eigenvalue weighted by molar-refractivity contribution is -0.130. The molecule has 2 saturated heterocycles. The number of aliphatic imine (C=N–C) groups is 1. The summed E-state index contributed by atoms with van der Waals surface area (Å²) >= 11 is 0. The van der Waals surface area contributed by atoms with Crippen LogP contribution in [0.1, 0.15) is 72.1 Å². The van der Waals surface area contributed by atoms with Gasteiger partial charge in [0.05, 0.1) is 38.2 Å². The van der Waals surface area contributed by atoms with Crippen LogP contribution in [0.25, 0.3) is 10.8 Å². The molecule has 17 N–H and O–H groups in total. The van der Waals surface area contributed by atoms with Gasteiger partial charge in [-0.05, 0) is 74.4 Å². The Bertz CT molecular complexity index is 2220. The number of aliphatic hydroxyl groups is 1. The molecule has 26 nitrogen and oxygen atoms in total. The van der Waals surface area contributed by atoms with Gasteiger partial charge < -0.3 is 74.9 Å². The van der Waals surface area contributed by atoms with Crippen molar-refractivity contribution in [3.05, 3.63) is 47.5 Å². The Labute approximate surface area is 431 Å². The van der Waals surface area contributed by atoms with Crippen molar-refractivity contribution in [1.29, 1.82) is 0 Å². The van der Waals surface area contributed by atoms with Gasteiger partial charge in [-0.25, -0.2) is 0 Å². The Hall–Kier alpha value is -6.49. The van der Waals surface area contributed by atoms with Gasteiger partial charge in [-0.3, -0.25) is 58.0 Å². The van der Waals surface area contributed by atoms with Crippen LogP contribution in [-0.4, -0.2) is 229 Å². The first-order valence-corrected chi connectivity index (χ1v) is 25.1. The molecule has 3 atom stereocenters. The van der Waals surface area contributed by atoms with Crippen LogP contribution in [0.2, 0.25) is 0 Å². The zero-order valence-electron chi connectivity index (χ0n) is 42.1. The van der Waals surface area contributed by atoms with Crippen molar-refractivity contribution in [2.45, 2.75) is 69.5 Å². The molecule has 0 spiro atoms. The van der Waals surface area contributed by atoms with Gasteiger partial charge in [-0.1, -0.05) is 24.3 Å². The highest BCUT2D eigenvalue weighted by atomic mass is 16.4. The lowest BCUT2D eigenvalue weighted by Gasteiger charge is -2.33. The zero-order valence-corrected chi connectivity index (χ0v) is 42.1. The third kappa shape index (κ3) is 21.2. The number of aliphatic hydroxyl groups excluding tert-OH is 1. The number of carbonyl (C=O) groups excluding carboxylic acids is 8. The molecule has 0 saturated carbocycles. The summed E-state index contributed by atoms with van der Waals surface area (Å²) in [6, 6.07) is 9.02. The fourth-order valence-electron chi connectivity index (χ4n) is 8.96. The molecular formula is C47H76BN15O11. The summed E-state index contributed by atoms with van der Waals surface area (Å²) in [6.07, 6.45) is 2.16. The summed E-state index contributed by atoms with van der Waals surface area (Å²) in [5.41, 5.74) is 28.1. The Balaban J connectivity index is 1.25. The molecule has 408 valence electrons. The van der Waals surface area contributed by atoms with Crippen LogP contribution in [0, 0.1) is 0 Å². The zero-order chi connectivity index (χ0) is 54.2. The minimum Gasteiger partial charge on any atom is -0.426 e. The molecule has 3 unspecified atom stereocenters. The largest absolute Gasteiger partial charge is 0.475 e. The number of primary amides is 3.